The number of nitrogens with one attached hydrogen (secondary N) is 2. The SMILES string of the molecule is CC(=O)Nc1ccc(S(=O)(=O)N2CCC[C@H]2C(=O)NC(c2ccccc2)c2ccccc2)cc1. The first-order chi connectivity index (χ1) is 16.4. The van der Waals surface area contributed by atoms with E-state index in [2.05, 4.69) is 10.6 Å². The van der Waals surface area contributed by atoms with Gasteiger partial charge in [0.25, 0.3) is 0 Å². The van der Waals surface area contributed by atoms with Crippen LogP contribution in [0.3, 0.4) is 0 Å². The Kier molecular flexibility index (Phi) is 7.09. The summed E-state index contributed by atoms with van der Waals surface area (Å²) in [6.45, 7) is 1.66. The number of rotatable bonds is 7. The van der Waals surface area contributed by atoms with Gasteiger partial charge < -0.3 is 10.6 Å². The molecule has 0 spiro atoms. The predicted molar refractivity (Wildman–Crippen MR) is 131 cm³/mol. The normalized spacial score (nSPS) is 16.4. The van der Waals surface area contributed by atoms with E-state index in [0.29, 0.717) is 18.5 Å². The number of benzene rings is 3. The quantitative estimate of drug-likeness (QED) is 0.542. The monoisotopic (exact) mass is 477 g/mol. The van der Waals surface area contributed by atoms with Gasteiger partial charge in [0.05, 0.1) is 10.9 Å². The van der Waals surface area contributed by atoms with Crippen molar-refractivity contribution in [1.82, 2.24) is 9.62 Å². The van der Waals surface area contributed by atoms with E-state index in [1.54, 1.807) is 12.1 Å². The van der Waals surface area contributed by atoms with Crippen molar-refractivity contribution in [2.75, 3.05) is 11.9 Å². The standard InChI is InChI=1S/C26H27N3O4S/c1-19(30)27-22-14-16-23(17-15-22)34(32,33)29-18-8-13-24(29)26(31)28-25(20-9-4-2-5-10-20)21-11-6-3-7-12-21/h2-7,9-12,14-17,24-25H,8,13,18H2,1H3,(H,27,30)(H,28,31)/t24-/m0/s1. The summed E-state index contributed by atoms with van der Waals surface area (Å²) < 4.78 is 28.0. The second kappa shape index (κ2) is 10.2. The van der Waals surface area contributed by atoms with Crippen molar-refractivity contribution in [3.63, 3.8) is 0 Å². The average molecular weight is 478 g/mol. The van der Waals surface area contributed by atoms with Gasteiger partial charge in [0.2, 0.25) is 21.8 Å². The first-order valence-electron chi connectivity index (χ1n) is 11.2. The highest BCUT2D eigenvalue weighted by molar-refractivity contribution is 7.89. The maximum atomic E-state index is 13.4. The van der Waals surface area contributed by atoms with Crippen molar-refractivity contribution in [3.8, 4) is 0 Å². The molecular formula is C26H27N3O4S. The van der Waals surface area contributed by atoms with E-state index in [1.165, 1.54) is 23.4 Å². The Labute approximate surface area is 199 Å². The van der Waals surface area contributed by atoms with Crippen LogP contribution in [0.5, 0.6) is 0 Å². The first kappa shape index (κ1) is 23.7. The van der Waals surface area contributed by atoms with Crippen LogP contribution >= 0.6 is 0 Å². The third-order valence-electron chi connectivity index (χ3n) is 5.84. The number of carbonyl (C=O) groups excluding carboxylic acids is 2. The Hall–Kier alpha value is -3.49. The zero-order valence-electron chi connectivity index (χ0n) is 18.8. The molecule has 1 heterocycles. The zero-order valence-corrected chi connectivity index (χ0v) is 19.7. The Balaban J connectivity index is 1.57. The predicted octanol–water partition coefficient (Wildman–Crippen LogP) is 3.70. The summed E-state index contributed by atoms with van der Waals surface area (Å²) in [5.74, 6) is -0.563. The number of carbonyl (C=O) groups is 2. The molecule has 1 aliphatic rings. The fraction of sp³-hybridized carbons (Fsp3) is 0.231. The summed E-state index contributed by atoms with van der Waals surface area (Å²) in [6, 6.07) is 24.0. The van der Waals surface area contributed by atoms with Crippen molar-refractivity contribution in [2.24, 2.45) is 0 Å². The highest BCUT2D eigenvalue weighted by Crippen LogP contribution is 2.29. The van der Waals surface area contributed by atoms with E-state index in [9.17, 15) is 18.0 Å². The summed E-state index contributed by atoms with van der Waals surface area (Å²) in [4.78, 5) is 24.7. The van der Waals surface area contributed by atoms with E-state index in [-0.39, 0.29) is 23.3 Å². The number of anilines is 1. The lowest BCUT2D eigenvalue weighted by Crippen LogP contribution is -2.46. The van der Waals surface area contributed by atoms with E-state index in [1.807, 2.05) is 60.7 Å². The molecular weight excluding hydrogens is 450 g/mol. The van der Waals surface area contributed by atoms with Gasteiger partial charge in [-0.15, -0.1) is 0 Å². The van der Waals surface area contributed by atoms with Crippen LogP contribution in [0.15, 0.2) is 89.8 Å². The smallest absolute Gasteiger partial charge is 0.243 e. The van der Waals surface area contributed by atoms with Crippen molar-refractivity contribution in [3.05, 3.63) is 96.1 Å². The van der Waals surface area contributed by atoms with Gasteiger partial charge in [0, 0.05) is 19.2 Å². The molecule has 4 rings (SSSR count). The molecule has 0 bridgehead atoms. The molecule has 7 nitrogen and oxygen atoms in total. The number of amides is 2. The number of hydrogen-bond acceptors (Lipinski definition) is 4. The van der Waals surface area contributed by atoms with Gasteiger partial charge in [0.15, 0.2) is 0 Å². The van der Waals surface area contributed by atoms with Crippen molar-refractivity contribution >= 4 is 27.5 Å². The summed E-state index contributed by atoms with van der Waals surface area (Å²) in [6.07, 6.45) is 1.05. The largest absolute Gasteiger partial charge is 0.344 e. The molecule has 0 unspecified atom stereocenters. The molecule has 3 aromatic carbocycles. The molecule has 1 atom stereocenters. The lowest BCUT2D eigenvalue weighted by molar-refractivity contribution is -0.124. The fourth-order valence-electron chi connectivity index (χ4n) is 4.23. The Morgan fingerprint density at radius 3 is 1.97 bits per heavy atom. The Bertz CT molecular complexity index is 1210. The number of hydrogen-bond donors (Lipinski definition) is 2. The number of sulfonamides is 1. The molecule has 0 saturated carbocycles. The lowest BCUT2D eigenvalue weighted by Gasteiger charge is -2.27. The molecule has 1 aliphatic heterocycles. The minimum Gasteiger partial charge on any atom is -0.344 e. The highest BCUT2D eigenvalue weighted by atomic mass is 32.2. The van der Waals surface area contributed by atoms with Gasteiger partial charge in [-0.2, -0.15) is 4.31 Å². The van der Waals surface area contributed by atoms with E-state index >= 15 is 0 Å². The third-order valence-corrected chi connectivity index (χ3v) is 7.76. The maximum Gasteiger partial charge on any atom is 0.243 e. The third kappa shape index (κ3) is 5.18. The van der Waals surface area contributed by atoms with Crippen LogP contribution < -0.4 is 10.6 Å². The van der Waals surface area contributed by atoms with Crippen LogP contribution in [-0.2, 0) is 19.6 Å². The van der Waals surface area contributed by atoms with E-state index in [4.69, 9.17) is 0 Å². The van der Waals surface area contributed by atoms with Gasteiger partial charge in [-0.05, 0) is 48.2 Å². The lowest BCUT2D eigenvalue weighted by atomic mass is 9.98. The highest BCUT2D eigenvalue weighted by Gasteiger charge is 2.40. The molecule has 8 heteroatoms. The molecule has 1 saturated heterocycles. The molecule has 2 N–H and O–H groups in total. The van der Waals surface area contributed by atoms with Gasteiger partial charge >= 0.3 is 0 Å². The number of nitrogens with zero attached hydrogens (tertiary/aromatic N) is 1. The molecule has 0 aliphatic carbocycles. The van der Waals surface area contributed by atoms with Gasteiger partial charge in [0.1, 0.15) is 6.04 Å². The van der Waals surface area contributed by atoms with Crippen LogP contribution in [-0.4, -0.2) is 37.1 Å². The molecule has 0 radical (unpaired) electrons. The maximum absolute atomic E-state index is 13.4. The zero-order chi connectivity index (χ0) is 24.1. The van der Waals surface area contributed by atoms with Crippen molar-refractivity contribution in [2.45, 2.75) is 36.7 Å². The first-order valence-corrected chi connectivity index (χ1v) is 12.6. The van der Waals surface area contributed by atoms with Crippen LogP contribution in [0.2, 0.25) is 0 Å². The molecule has 0 aromatic heterocycles. The van der Waals surface area contributed by atoms with Crippen LogP contribution in [0.1, 0.15) is 36.9 Å². The van der Waals surface area contributed by atoms with Crippen molar-refractivity contribution < 1.29 is 18.0 Å². The van der Waals surface area contributed by atoms with Gasteiger partial charge in [-0.3, -0.25) is 9.59 Å². The average Bonchev–Trinajstić information content (AvgIpc) is 3.35. The minimum absolute atomic E-state index is 0.0870. The van der Waals surface area contributed by atoms with Gasteiger partial charge in [-0.25, -0.2) is 8.42 Å². The van der Waals surface area contributed by atoms with Crippen LogP contribution in [0.4, 0.5) is 5.69 Å². The second-order valence-corrected chi connectivity index (χ2v) is 10.1. The topological polar surface area (TPSA) is 95.6 Å². The summed E-state index contributed by atoms with van der Waals surface area (Å²) >= 11 is 0. The second-order valence-electron chi connectivity index (χ2n) is 8.24. The molecule has 1 fully saturated rings. The minimum atomic E-state index is -3.88. The van der Waals surface area contributed by atoms with E-state index < -0.39 is 22.1 Å². The molecule has 2 amide bonds. The van der Waals surface area contributed by atoms with E-state index in [0.717, 1.165) is 11.1 Å². The summed E-state index contributed by atoms with van der Waals surface area (Å²) in [7, 11) is -3.88. The molecule has 176 valence electrons. The van der Waals surface area contributed by atoms with Crippen molar-refractivity contribution in [1.29, 1.82) is 0 Å². The summed E-state index contributed by atoms with van der Waals surface area (Å²) in [5, 5.41) is 5.70. The Morgan fingerprint density at radius 2 is 1.44 bits per heavy atom. The van der Waals surface area contributed by atoms with Crippen LogP contribution in [0.25, 0.3) is 0 Å². The summed E-state index contributed by atoms with van der Waals surface area (Å²) in [5.41, 5.74) is 2.35. The van der Waals surface area contributed by atoms with Gasteiger partial charge in [-0.1, -0.05) is 60.7 Å². The molecule has 34 heavy (non-hydrogen) atoms. The Morgan fingerprint density at radius 1 is 0.882 bits per heavy atom. The fourth-order valence-corrected chi connectivity index (χ4v) is 5.88. The molecule has 3 aromatic rings. The van der Waals surface area contributed by atoms with Crippen LogP contribution in [0, 0.1) is 0 Å².